The molecule has 2 aromatic rings. The molecule has 0 aliphatic carbocycles. The van der Waals surface area contributed by atoms with Crippen molar-refractivity contribution in [3.8, 4) is 0 Å². The number of allylic oxidation sites excluding steroid dienone is 4. The smallest absolute Gasteiger partial charge is 0.189 e. The summed E-state index contributed by atoms with van der Waals surface area (Å²) in [5.41, 5.74) is 1.18. The van der Waals surface area contributed by atoms with E-state index in [1.165, 1.54) is 26.0 Å². The number of hydrogen-bond acceptors (Lipinski definition) is 4. The molecule has 0 spiro atoms. The number of rotatable bonds is 4. The number of aliphatic hydroxyl groups is 2. The number of carbonyl (C=O) groups excluding carboxylic acids is 2. The third kappa shape index (κ3) is 9.41. The molecule has 0 saturated heterocycles. The van der Waals surface area contributed by atoms with Gasteiger partial charge < -0.3 is 10.2 Å². The Morgan fingerprint density at radius 2 is 0.960 bits per heavy atom. The van der Waals surface area contributed by atoms with Gasteiger partial charge in [-0.05, 0) is 13.8 Å². The molecule has 25 heavy (non-hydrogen) atoms. The van der Waals surface area contributed by atoms with Crippen LogP contribution >= 0.6 is 0 Å². The van der Waals surface area contributed by atoms with Gasteiger partial charge in [-0.3, -0.25) is 9.59 Å². The first-order chi connectivity index (χ1) is 11.4. The molecule has 0 heterocycles. The van der Waals surface area contributed by atoms with Crippen LogP contribution in [0, 0.1) is 0 Å². The standard InChI is InChI=1S/2C10H10O2.Pd/c2*1-8(11)7-10(12)9-5-3-2-4-6-9;/h2*2-7,11H,1H3;/b2*8-7-;. The van der Waals surface area contributed by atoms with Crippen molar-refractivity contribution < 1.29 is 40.2 Å². The molecule has 0 aromatic heterocycles. The summed E-state index contributed by atoms with van der Waals surface area (Å²) >= 11 is 0. The van der Waals surface area contributed by atoms with Gasteiger partial charge in [0.1, 0.15) is 0 Å². The summed E-state index contributed by atoms with van der Waals surface area (Å²) in [5.74, 6) is -0.279. The van der Waals surface area contributed by atoms with E-state index in [0.717, 1.165) is 0 Å². The molecule has 0 atom stereocenters. The maximum absolute atomic E-state index is 11.2. The van der Waals surface area contributed by atoms with Crippen molar-refractivity contribution in [3.05, 3.63) is 95.5 Å². The maximum atomic E-state index is 11.2. The topological polar surface area (TPSA) is 74.6 Å². The average molecular weight is 431 g/mol. The molecule has 0 saturated carbocycles. The number of ketones is 2. The zero-order valence-electron chi connectivity index (χ0n) is 14.0. The molecule has 0 aliphatic heterocycles. The van der Waals surface area contributed by atoms with Crippen molar-refractivity contribution in [2.24, 2.45) is 0 Å². The van der Waals surface area contributed by atoms with Crippen LogP contribution in [-0.4, -0.2) is 21.8 Å². The monoisotopic (exact) mass is 430 g/mol. The molecule has 4 nitrogen and oxygen atoms in total. The van der Waals surface area contributed by atoms with Crippen LogP contribution in [0.5, 0.6) is 0 Å². The van der Waals surface area contributed by atoms with Crippen LogP contribution in [0.3, 0.4) is 0 Å². The van der Waals surface area contributed by atoms with Crippen LogP contribution in [0.2, 0.25) is 0 Å². The number of carbonyl (C=O) groups is 2. The second-order valence-corrected chi connectivity index (χ2v) is 5.03. The van der Waals surface area contributed by atoms with Gasteiger partial charge in [-0.2, -0.15) is 0 Å². The second kappa shape index (κ2) is 12.0. The van der Waals surface area contributed by atoms with Crippen molar-refractivity contribution in [2.75, 3.05) is 0 Å². The summed E-state index contributed by atoms with van der Waals surface area (Å²) in [7, 11) is 0. The quantitative estimate of drug-likeness (QED) is 0.320. The SMILES string of the molecule is C/C(O)=C/C(=O)c1ccccc1.C/C(O)=C/C(=O)c1ccccc1.[Pd]. The number of hydrogen-bond donors (Lipinski definition) is 2. The van der Waals surface area contributed by atoms with E-state index in [-0.39, 0.29) is 43.5 Å². The van der Waals surface area contributed by atoms with E-state index in [9.17, 15) is 9.59 Å². The van der Waals surface area contributed by atoms with E-state index >= 15 is 0 Å². The second-order valence-electron chi connectivity index (χ2n) is 5.03. The minimum Gasteiger partial charge on any atom is -0.512 e. The van der Waals surface area contributed by atoms with Crippen LogP contribution in [-0.2, 0) is 20.4 Å². The average Bonchev–Trinajstić information content (AvgIpc) is 2.56. The summed E-state index contributed by atoms with van der Waals surface area (Å²) < 4.78 is 0. The minimum absolute atomic E-state index is 0. The summed E-state index contributed by atoms with van der Waals surface area (Å²) in [5, 5.41) is 17.6. The van der Waals surface area contributed by atoms with Gasteiger partial charge >= 0.3 is 0 Å². The third-order valence-electron chi connectivity index (χ3n) is 2.80. The van der Waals surface area contributed by atoms with Crippen LogP contribution < -0.4 is 0 Å². The number of benzene rings is 2. The zero-order chi connectivity index (χ0) is 17.9. The van der Waals surface area contributed by atoms with Gasteiger partial charge in [0.15, 0.2) is 11.6 Å². The Morgan fingerprint density at radius 1 is 0.680 bits per heavy atom. The van der Waals surface area contributed by atoms with E-state index in [1.807, 2.05) is 12.1 Å². The van der Waals surface area contributed by atoms with Crippen LogP contribution in [0.25, 0.3) is 0 Å². The van der Waals surface area contributed by atoms with Crippen molar-refractivity contribution in [1.29, 1.82) is 0 Å². The summed E-state index contributed by atoms with van der Waals surface area (Å²) in [6.45, 7) is 2.95. The van der Waals surface area contributed by atoms with Gasteiger partial charge in [0.2, 0.25) is 0 Å². The Morgan fingerprint density at radius 3 is 1.20 bits per heavy atom. The van der Waals surface area contributed by atoms with Gasteiger partial charge in [0.05, 0.1) is 11.5 Å². The third-order valence-corrected chi connectivity index (χ3v) is 2.80. The van der Waals surface area contributed by atoms with Gasteiger partial charge in [-0.15, -0.1) is 0 Å². The van der Waals surface area contributed by atoms with Crippen molar-refractivity contribution in [3.63, 3.8) is 0 Å². The maximum Gasteiger partial charge on any atom is 0.189 e. The first-order valence-corrected chi connectivity index (χ1v) is 7.33. The predicted molar refractivity (Wildman–Crippen MR) is 94.3 cm³/mol. The summed E-state index contributed by atoms with van der Waals surface area (Å²) in [4.78, 5) is 22.4. The zero-order valence-corrected chi connectivity index (χ0v) is 15.5. The van der Waals surface area contributed by atoms with Gasteiger partial charge in [-0.25, -0.2) is 0 Å². The Bertz CT molecular complexity index is 661. The normalized spacial score (nSPS) is 10.8. The van der Waals surface area contributed by atoms with E-state index < -0.39 is 0 Å². The van der Waals surface area contributed by atoms with Crippen molar-refractivity contribution >= 4 is 11.6 Å². The Hall–Kier alpha value is -2.48. The fourth-order valence-corrected chi connectivity index (χ4v) is 1.75. The fourth-order valence-electron chi connectivity index (χ4n) is 1.75. The summed E-state index contributed by atoms with van der Waals surface area (Å²) in [6.07, 6.45) is 2.41. The van der Waals surface area contributed by atoms with Crippen molar-refractivity contribution in [1.82, 2.24) is 0 Å². The minimum atomic E-state index is -0.171. The van der Waals surface area contributed by atoms with E-state index in [2.05, 4.69) is 0 Å². The van der Waals surface area contributed by atoms with Crippen LogP contribution in [0.1, 0.15) is 34.6 Å². The predicted octanol–water partition coefficient (Wildman–Crippen LogP) is 4.66. The van der Waals surface area contributed by atoms with E-state index in [4.69, 9.17) is 10.2 Å². The fraction of sp³-hybridized carbons (Fsp3) is 0.100. The number of aliphatic hydroxyl groups excluding tert-OH is 2. The molecular formula is C20H20O4Pd. The molecule has 0 amide bonds. The molecule has 2 N–H and O–H groups in total. The molecule has 0 aliphatic rings. The molecule has 0 radical (unpaired) electrons. The molecular weight excluding hydrogens is 411 g/mol. The Kier molecular flexibility index (Phi) is 10.8. The molecule has 2 rings (SSSR count). The molecule has 5 heteroatoms. The van der Waals surface area contributed by atoms with Gasteiger partial charge in [0, 0.05) is 43.7 Å². The van der Waals surface area contributed by atoms with Crippen molar-refractivity contribution in [2.45, 2.75) is 13.8 Å². The van der Waals surface area contributed by atoms with Crippen LogP contribution in [0.4, 0.5) is 0 Å². The molecule has 0 fully saturated rings. The molecule has 0 bridgehead atoms. The van der Waals surface area contributed by atoms with E-state index in [1.54, 1.807) is 48.5 Å². The molecule has 2 aromatic carbocycles. The first-order valence-electron chi connectivity index (χ1n) is 7.33. The largest absolute Gasteiger partial charge is 0.512 e. The molecule has 0 unspecified atom stereocenters. The van der Waals surface area contributed by atoms with Gasteiger partial charge in [0.25, 0.3) is 0 Å². The first kappa shape index (κ1) is 22.5. The summed E-state index contributed by atoms with van der Waals surface area (Å²) in [6, 6.07) is 17.7. The van der Waals surface area contributed by atoms with Crippen LogP contribution in [0.15, 0.2) is 84.3 Å². The van der Waals surface area contributed by atoms with Gasteiger partial charge in [-0.1, -0.05) is 60.7 Å². The Labute approximate surface area is 161 Å². The molecule has 134 valence electrons. The Balaban J connectivity index is 0.000000443. The van der Waals surface area contributed by atoms with E-state index in [0.29, 0.717) is 11.1 Å².